The van der Waals surface area contributed by atoms with E-state index in [1.807, 2.05) is 13.0 Å². The van der Waals surface area contributed by atoms with Crippen LogP contribution in [0.1, 0.15) is 11.5 Å². The van der Waals surface area contributed by atoms with E-state index in [-0.39, 0.29) is 10.8 Å². The molecular formula is C22H27N3O6S. The molecule has 0 unspecified atom stereocenters. The van der Waals surface area contributed by atoms with Crippen LogP contribution in [0.2, 0.25) is 0 Å². The van der Waals surface area contributed by atoms with Gasteiger partial charge < -0.3 is 24.1 Å². The van der Waals surface area contributed by atoms with Gasteiger partial charge in [0.1, 0.15) is 11.5 Å². The maximum atomic E-state index is 13.1. The summed E-state index contributed by atoms with van der Waals surface area (Å²) in [7, 11) is -3.69. The first kappa shape index (κ1) is 22.5. The Balaban J connectivity index is 1.61. The lowest BCUT2D eigenvalue weighted by Crippen LogP contribution is -2.40. The van der Waals surface area contributed by atoms with Crippen LogP contribution in [-0.4, -0.2) is 71.2 Å². The molecule has 3 heterocycles. The largest absolute Gasteiger partial charge is 0.462 e. The van der Waals surface area contributed by atoms with Crippen molar-refractivity contribution in [3.63, 3.8) is 0 Å². The maximum Gasteiger partial charge on any atom is 0.248 e. The number of morpholine rings is 2. The van der Waals surface area contributed by atoms with Gasteiger partial charge in [-0.2, -0.15) is 4.31 Å². The highest BCUT2D eigenvalue weighted by atomic mass is 32.2. The van der Waals surface area contributed by atoms with E-state index >= 15 is 0 Å². The van der Waals surface area contributed by atoms with Gasteiger partial charge in [-0.1, -0.05) is 0 Å². The zero-order valence-electron chi connectivity index (χ0n) is 18.0. The van der Waals surface area contributed by atoms with Crippen LogP contribution in [0.3, 0.4) is 0 Å². The molecule has 0 atom stereocenters. The normalized spacial score (nSPS) is 18.2. The number of sulfonamides is 1. The number of carbonyl (C=O) groups excluding carboxylic acids is 1. The predicted octanol–water partition coefficient (Wildman–Crippen LogP) is 2.10. The zero-order valence-corrected chi connectivity index (χ0v) is 18.8. The molecule has 0 bridgehead atoms. The molecule has 2 aromatic rings. The highest BCUT2D eigenvalue weighted by molar-refractivity contribution is 7.89. The fraction of sp³-hybridized carbons (Fsp3) is 0.409. The first-order valence-electron chi connectivity index (χ1n) is 10.5. The summed E-state index contributed by atoms with van der Waals surface area (Å²) < 4.78 is 43.8. The topological polar surface area (TPSA) is 101 Å². The average molecular weight is 462 g/mol. The number of hydrogen-bond acceptors (Lipinski definition) is 7. The van der Waals surface area contributed by atoms with Crippen LogP contribution in [0.4, 0.5) is 11.4 Å². The molecule has 0 spiro atoms. The Labute approximate surface area is 187 Å². The highest BCUT2D eigenvalue weighted by Crippen LogP contribution is 2.31. The van der Waals surface area contributed by atoms with Crippen molar-refractivity contribution in [1.29, 1.82) is 0 Å². The van der Waals surface area contributed by atoms with Crippen molar-refractivity contribution in [2.45, 2.75) is 11.8 Å². The molecule has 1 aromatic heterocycles. The van der Waals surface area contributed by atoms with Crippen molar-refractivity contribution in [1.82, 2.24) is 4.31 Å². The number of furan rings is 1. The molecule has 2 aliphatic heterocycles. The Hall–Kier alpha value is -2.66. The first-order chi connectivity index (χ1) is 15.4. The minimum Gasteiger partial charge on any atom is -0.462 e. The quantitative estimate of drug-likeness (QED) is 0.658. The highest BCUT2D eigenvalue weighted by Gasteiger charge is 2.28. The third kappa shape index (κ3) is 5.21. The van der Waals surface area contributed by atoms with E-state index < -0.39 is 10.0 Å². The SMILES string of the molecule is Cc1ccc(C=CC(=O)Nc2cc(S(=O)(=O)N3CCOCC3)ccc2N2CCOCC2)o1. The van der Waals surface area contributed by atoms with Crippen molar-refractivity contribution in [2.75, 3.05) is 62.8 Å². The lowest BCUT2D eigenvalue weighted by molar-refractivity contribution is -0.111. The summed E-state index contributed by atoms with van der Waals surface area (Å²) >= 11 is 0. The van der Waals surface area contributed by atoms with Crippen molar-refractivity contribution in [3.05, 3.63) is 47.9 Å². The van der Waals surface area contributed by atoms with Crippen molar-refractivity contribution in [2.24, 2.45) is 0 Å². The summed E-state index contributed by atoms with van der Waals surface area (Å²) in [6.07, 6.45) is 2.94. The van der Waals surface area contributed by atoms with Crippen LogP contribution in [0.25, 0.3) is 6.08 Å². The molecule has 1 amide bonds. The van der Waals surface area contributed by atoms with Gasteiger partial charge in [-0.05, 0) is 43.3 Å². The molecule has 0 radical (unpaired) electrons. The van der Waals surface area contributed by atoms with Crippen molar-refractivity contribution in [3.8, 4) is 0 Å². The maximum absolute atomic E-state index is 13.1. The number of anilines is 2. The minimum atomic E-state index is -3.69. The van der Waals surface area contributed by atoms with Gasteiger partial charge in [0.05, 0.1) is 42.7 Å². The Morgan fingerprint density at radius 3 is 2.34 bits per heavy atom. The molecule has 1 N–H and O–H groups in total. The summed E-state index contributed by atoms with van der Waals surface area (Å²) in [6.45, 7) is 5.61. The van der Waals surface area contributed by atoms with E-state index in [4.69, 9.17) is 13.9 Å². The number of benzene rings is 1. The molecule has 2 fully saturated rings. The second kappa shape index (κ2) is 9.86. The smallest absolute Gasteiger partial charge is 0.248 e. The van der Waals surface area contributed by atoms with Gasteiger partial charge in [0.15, 0.2) is 0 Å². The predicted molar refractivity (Wildman–Crippen MR) is 120 cm³/mol. The summed E-state index contributed by atoms with van der Waals surface area (Å²) in [5.41, 5.74) is 1.19. The second-order valence-corrected chi connectivity index (χ2v) is 9.50. The summed E-state index contributed by atoms with van der Waals surface area (Å²) in [5, 5.41) is 2.84. The fourth-order valence-corrected chi connectivity index (χ4v) is 5.10. The number of aryl methyl sites for hydroxylation is 1. The Kier molecular flexibility index (Phi) is 6.95. The number of hydrogen-bond donors (Lipinski definition) is 1. The monoisotopic (exact) mass is 461 g/mol. The molecule has 2 aliphatic rings. The van der Waals surface area contributed by atoms with Crippen LogP contribution in [0.5, 0.6) is 0 Å². The number of ether oxygens (including phenoxy) is 2. The second-order valence-electron chi connectivity index (χ2n) is 7.57. The van der Waals surface area contributed by atoms with Crippen LogP contribution in [-0.2, 0) is 24.3 Å². The number of carbonyl (C=O) groups is 1. The minimum absolute atomic E-state index is 0.136. The number of nitrogens with one attached hydrogen (secondary N) is 1. The molecule has 10 heteroatoms. The fourth-order valence-electron chi connectivity index (χ4n) is 3.67. The van der Waals surface area contributed by atoms with Crippen LogP contribution in [0, 0.1) is 6.92 Å². The third-order valence-electron chi connectivity index (χ3n) is 5.35. The van der Waals surface area contributed by atoms with Crippen molar-refractivity contribution >= 4 is 33.4 Å². The first-order valence-corrected chi connectivity index (χ1v) is 12.0. The van der Waals surface area contributed by atoms with Gasteiger partial charge in [-0.3, -0.25) is 4.79 Å². The van der Waals surface area contributed by atoms with Gasteiger partial charge in [-0.25, -0.2) is 8.42 Å². The summed E-state index contributed by atoms with van der Waals surface area (Å²) in [4.78, 5) is 14.8. The third-order valence-corrected chi connectivity index (χ3v) is 7.24. The molecule has 32 heavy (non-hydrogen) atoms. The van der Waals surface area contributed by atoms with Gasteiger partial charge in [0.2, 0.25) is 15.9 Å². The van der Waals surface area contributed by atoms with Gasteiger partial charge in [0.25, 0.3) is 0 Å². The van der Waals surface area contributed by atoms with E-state index in [1.54, 1.807) is 24.3 Å². The molecular weight excluding hydrogens is 434 g/mol. The lowest BCUT2D eigenvalue weighted by Gasteiger charge is -2.31. The van der Waals surface area contributed by atoms with Gasteiger partial charge in [0, 0.05) is 32.3 Å². The van der Waals surface area contributed by atoms with Gasteiger partial charge in [-0.15, -0.1) is 0 Å². The van der Waals surface area contributed by atoms with E-state index in [9.17, 15) is 13.2 Å². The standard InChI is InChI=1S/C22H27N3O6S/c1-17-2-3-18(31-17)4-7-22(26)23-20-16-19(32(27,28)25-10-14-30-15-11-25)5-6-21(20)24-8-12-29-13-9-24/h2-7,16H,8-15H2,1H3,(H,23,26). The zero-order chi connectivity index (χ0) is 22.6. The van der Waals surface area contributed by atoms with Gasteiger partial charge >= 0.3 is 0 Å². The Morgan fingerprint density at radius 2 is 1.69 bits per heavy atom. The molecule has 172 valence electrons. The van der Waals surface area contributed by atoms with Crippen LogP contribution >= 0.6 is 0 Å². The Morgan fingerprint density at radius 1 is 1.00 bits per heavy atom. The number of amides is 1. The summed E-state index contributed by atoms with van der Waals surface area (Å²) in [6, 6.07) is 8.45. The van der Waals surface area contributed by atoms with Crippen LogP contribution in [0.15, 0.2) is 45.7 Å². The average Bonchev–Trinajstić information content (AvgIpc) is 3.24. The Bertz CT molecular complexity index is 1080. The number of rotatable bonds is 6. The van der Waals surface area contributed by atoms with E-state index in [0.717, 1.165) is 11.4 Å². The molecule has 2 saturated heterocycles. The van der Waals surface area contributed by atoms with E-state index in [2.05, 4.69) is 10.2 Å². The molecule has 0 aliphatic carbocycles. The summed E-state index contributed by atoms with van der Waals surface area (Å²) in [5.74, 6) is 0.935. The van der Waals surface area contributed by atoms with Crippen LogP contribution < -0.4 is 10.2 Å². The molecule has 4 rings (SSSR count). The lowest BCUT2D eigenvalue weighted by atomic mass is 10.2. The van der Waals surface area contributed by atoms with E-state index in [1.165, 1.54) is 16.4 Å². The molecule has 9 nitrogen and oxygen atoms in total. The van der Waals surface area contributed by atoms with Crippen molar-refractivity contribution < 1.29 is 27.1 Å². The molecule has 0 saturated carbocycles. The molecule has 1 aromatic carbocycles. The number of nitrogens with zero attached hydrogens (tertiary/aromatic N) is 2. The van der Waals surface area contributed by atoms with E-state index in [0.29, 0.717) is 64.1 Å².